The van der Waals surface area contributed by atoms with E-state index in [2.05, 4.69) is 17.6 Å². The zero-order chi connectivity index (χ0) is 19.1. The Kier molecular flexibility index (Phi) is 8.77. The zero-order valence-corrected chi connectivity index (χ0v) is 16.9. The molecule has 0 aromatic heterocycles. The third-order valence-corrected chi connectivity index (χ3v) is 4.97. The first-order chi connectivity index (χ1) is 11.5. The number of rotatable bonds is 9. The number of hydrogen-bond donors (Lipinski definition) is 3. The molecule has 0 heterocycles. The van der Waals surface area contributed by atoms with Gasteiger partial charge in [0, 0.05) is 12.1 Å². The van der Waals surface area contributed by atoms with Crippen molar-refractivity contribution in [2.24, 2.45) is 5.14 Å². The van der Waals surface area contributed by atoms with Crippen LogP contribution in [0.3, 0.4) is 0 Å². The van der Waals surface area contributed by atoms with Gasteiger partial charge in [-0.25, -0.2) is 13.6 Å². The van der Waals surface area contributed by atoms with Crippen molar-refractivity contribution in [1.82, 2.24) is 5.32 Å². The molecule has 0 bridgehead atoms. The van der Waals surface area contributed by atoms with E-state index in [1.54, 1.807) is 0 Å². The number of sulfonamides is 1. The molecule has 10 heteroatoms. The third kappa shape index (κ3) is 8.46. The number of carbonyl (C=O) groups excluding carboxylic acids is 1. The van der Waals surface area contributed by atoms with Crippen molar-refractivity contribution in [3.8, 4) is 0 Å². The molecule has 1 atom stereocenters. The fourth-order valence-electron chi connectivity index (χ4n) is 2.05. The van der Waals surface area contributed by atoms with Gasteiger partial charge in [0.1, 0.15) is 6.17 Å². The topological polar surface area (TPSA) is 101 Å². The van der Waals surface area contributed by atoms with Crippen LogP contribution < -0.4 is 15.8 Å². The molecule has 0 aliphatic heterocycles. The molecule has 0 aliphatic rings. The molecular formula is C15H22Cl3N3O3S. The highest BCUT2D eigenvalue weighted by atomic mass is 35.6. The summed E-state index contributed by atoms with van der Waals surface area (Å²) in [6, 6.07) is 5.58. The van der Waals surface area contributed by atoms with E-state index in [0.29, 0.717) is 12.1 Å². The van der Waals surface area contributed by atoms with Crippen LogP contribution in [0.4, 0.5) is 5.69 Å². The van der Waals surface area contributed by atoms with Crippen molar-refractivity contribution in [2.45, 2.75) is 53.9 Å². The lowest BCUT2D eigenvalue weighted by Gasteiger charge is -2.27. The van der Waals surface area contributed by atoms with Crippen LogP contribution in [0.5, 0.6) is 0 Å². The van der Waals surface area contributed by atoms with Crippen LogP contribution in [0.2, 0.25) is 0 Å². The van der Waals surface area contributed by atoms with Crippen molar-refractivity contribution >= 4 is 56.4 Å². The summed E-state index contributed by atoms with van der Waals surface area (Å²) in [5, 5.41) is 10.5. The Labute approximate surface area is 163 Å². The smallest absolute Gasteiger partial charge is 0.238 e. The molecule has 1 aromatic rings. The predicted octanol–water partition coefficient (Wildman–Crippen LogP) is 3.53. The third-order valence-electron chi connectivity index (χ3n) is 3.38. The first-order valence-corrected chi connectivity index (χ1v) is 10.5. The van der Waals surface area contributed by atoms with Gasteiger partial charge >= 0.3 is 0 Å². The maximum Gasteiger partial charge on any atom is 0.238 e. The van der Waals surface area contributed by atoms with E-state index in [1.807, 2.05) is 0 Å². The summed E-state index contributed by atoms with van der Waals surface area (Å²) in [6.07, 6.45) is 3.23. The lowest BCUT2D eigenvalue weighted by Crippen LogP contribution is -2.49. The predicted molar refractivity (Wildman–Crippen MR) is 102 cm³/mol. The summed E-state index contributed by atoms with van der Waals surface area (Å²) >= 11 is 17.8. The van der Waals surface area contributed by atoms with E-state index in [-0.39, 0.29) is 10.8 Å². The average molecular weight is 431 g/mol. The number of carbonyl (C=O) groups is 1. The van der Waals surface area contributed by atoms with Crippen LogP contribution >= 0.6 is 34.8 Å². The van der Waals surface area contributed by atoms with Gasteiger partial charge < -0.3 is 10.6 Å². The van der Waals surface area contributed by atoms with Gasteiger partial charge in [0.15, 0.2) is 0 Å². The summed E-state index contributed by atoms with van der Waals surface area (Å²) in [7, 11) is -3.79. The Morgan fingerprint density at radius 1 is 1.16 bits per heavy atom. The molecule has 1 rings (SSSR count). The van der Waals surface area contributed by atoms with E-state index in [4.69, 9.17) is 39.9 Å². The van der Waals surface area contributed by atoms with Crippen LogP contribution in [-0.4, -0.2) is 24.3 Å². The first-order valence-electron chi connectivity index (χ1n) is 7.79. The van der Waals surface area contributed by atoms with Crippen LogP contribution in [0.25, 0.3) is 0 Å². The van der Waals surface area contributed by atoms with Crippen molar-refractivity contribution < 1.29 is 13.2 Å². The maximum absolute atomic E-state index is 12.0. The Morgan fingerprint density at radius 3 is 2.24 bits per heavy atom. The largest absolute Gasteiger partial charge is 0.362 e. The second-order valence-electron chi connectivity index (χ2n) is 5.57. The Bertz CT molecular complexity index is 661. The summed E-state index contributed by atoms with van der Waals surface area (Å²) in [6.45, 7) is 2.09. The van der Waals surface area contributed by atoms with E-state index in [9.17, 15) is 13.2 Å². The molecule has 0 radical (unpaired) electrons. The molecule has 1 aromatic carbocycles. The van der Waals surface area contributed by atoms with Gasteiger partial charge in [0.2, 0.25) is 19.7 Å². The van der Waals surface area contributed by atoms with Crippen LogP contribution in [0, 0.1) is 0 Å². The minimum absolute atomic E-state index is 0.0385. The quantitative estimate of drug-likeness (QED) is 0.317. The Balaban J connectivity index is 2.72. The number of hydrogen-bond acceptors (Lipinski definition) is 4. The highest BCUT2D eigenvalue weighted by molar-refractivity contribution is 7.89. The number of amides is 1. The second kappa shape index (κ2) is 9.83. The zero-order valence-electron chi connectivity index (χ0n) is 13.8. The van der Waals surface area contributed by atoms with Gasteiger partial charge in [-0.15, -0.1) is 0 Å². The Morgan fingerprint density at radius 2 is 1.76 bits per heavy atom. The van der Waals surface area contributed by atoms with Crippen molar-refractivity contribution in [3.05, 3.63) is 24.3 Å². The minimum atomic E-state index is -3.79. The van der Waals surface area contributed by atoms with E-state index >= 15 is 0 Å². The number of alkyl halides is 3. The number of nitrogens with one attached hydrogen (secondary N) is 2. The molecule has 25 heavy (non-hydrogen) atoms. The number of primary sulfonamides is 1. The van der Waals surface area contributed by atoms with Crippen molar-refractivity contribution in [1.29, 1.82) is 0 Å². The fraction of sp³-hybridized carbons (Fsp3) is 0.533. The molecular weight excluding hydrogens is 409 g/mol. The van der Waals surface area contributed by atoms with Crippen LogP contribution in [0.15, 0.2) is 29.2 Å². The molecule has 1 amide bonds. The standard InChI is InChI=1S/C15H22Cl3N3O3S/c1-2-3-4-5-6-13(22)21-14(15(16,17)18)20-11-7-9-12(10-8-11)25(19,23)24/h7-10,14,20H,2-6H2,1H3,(H,21,22)(H2,19,23,24)/t14-/m1/s1. The maximum atomic E-state index is 12.0. The Hall–Kier alpha value is -0.730. The van der Waals surface area contributed by atoms with E-state index in [1.165, 1.54) is 24.3 Å². The molecule has 0 saturated heterocycles. The number of halogens is 3. The molecule has 4 N–H and O–H groups in total. The summed E-state index contributed by atoms with van der Waals surface area (Å²) in [4.78, 5) is 12.0. The minimum Gasteiger partial charge on any atom is -0.362 e. The van der Waals surface area contributed by atoms with Gasteiger partial charge in [0.25, 0.3) is 0 Å². The lowest BCUT2D eigenvalue weighted by molar-refractivity contribution is -0.121. The molecule has 0 saturated carbocycles. The van der Waals surface area contributed by atoms with Crippen LogP contribution in [-0.2, 0) is 14.8 Å². The summed E-state index contributed by atoms with van der Waals surface area (Å²) in [5.41, 5.74) is 0.468. The van der Waals surface area contributed by atoms with E-state index < -0.39 is 20.0 Å². The van der Waals surface area contributed by atoms with Crippen LogP contribution in [0.1, 0.15) is 39.0 Å². The van der Waals surface area contributed by atoms with Gasteiger partial charge in [-0.1, -0.05) is 61.0 Å². The lowest BCUT2D eigenvalue weighted by atomic mass is 10.1. The second-order valence-corrected chi connectivity index (χ2v) is 9.50. The molecule has 0 unspecified atom stereocenters. The molecule has 0 aliphatic carbocycles. The number of benzene rings is 1. The summed E-state index contributed by atoms with van der Waals surface area (Å²) in [5.74, 6) is -0.235. The molecule has 0 spiro atoms. The first kappa shape index (κ1) is 22.3. The molecule has 142 valence electrons. The van der Waals surface area contributed by atoms with E-state index in [0.717, 1.165) is 25.7 Å². The van der Waals surface area contributed by atoms with Gasteiger partial charge in [-0.2, -0.15) is 0 Å². The number of unbranched alkanes of at least 4 members (excludes halogenated alkanes) is 3. The highest BCUT2D eigenvalue weighted by Crippen LogP contribution is 2.31. The van der Waals surface area contributed by atoms with Crippen molar-refractivity contribution in [2.75, 3.05) is 5.32 Å². The molecule has 6 nitrogen and oxygen atoms in total. The number of anilines is 1. The van der Waals surface area contributed by atoms with Crippen molar-refractivity contribution in [3.63, 3.8) is 0 Å². The average Bonchev–Trinajstić information content (AvgIpc) is 2.50. The highest BCUT2D eigenvalue weighted by Gasteiger charge is 2.33. The SMILES string of the molecule is CCCCCCC(=O)N[C@@H](Nc1ccc(S(N)(=O)=O)cc1)C(Cl)(Cl)Cl. The normalized spacial score (nSPS) is 13.3. The van der Waals surface area contributed by atoms with Gasteiger partial charge in [-0.3, -0.25) is 4.79 Å². The molecule has 0 fully saturated rings. The summed E-state index contributed by atoms with van der Waals surface area (Å²) < 4.78 is 20.7. The number of nitrogens with two attached hydrogens (primary N) is 1. The monoisotopic (exact) mass is 429 g/mol. The fourth-order valence-corrected chi connectivity index (χ4v) is 2.90. The van der Waals surface area contributed by atoms with Gasteiger partial charge in [-0.05, 0) is 30.7 Å². The van der Waals surface area contributed by atoms with Gasteiger partial charge in [0.05, 0.1) is 4.90 Å².